The molecular formula is C8H13NO. The molecule has 1 aliphatic carbocycles. The topological polar surface area (TPSA) is 44.0 Å². The number of nitrogens with zero attached hydrogens (tertiary/aromatic N) is 1. The molecule has 0 spiro atoms. The molecule has 0 bridgehead atoms. The lowest BCUT2D eigenvalue weighted by Crippen LogP contribution is -2.26. The van der Waals surface area contributed by atoms with Crippen LogP contribution in [0.3, 0.4) is 0 Å². The van der Waals surface area contributed by atoms with E-state index in [-0.39, 0.29) is 12.0 Å². The molecule has 56 valence electrons. The lowest BCUT2D eigenvalue weighted by atomic mass is 9.82. The minimum atomic E-state index is -0.238. The third-order valence-electron chi connectivity index (χ3n) is 2.34. The van der Waals surface area contributed by atoms with Crippen molar-refractivity contribution in [1.29, 1.82) is 5.26 Å². The van der Waals surface area contributed by atoms with Gasteiger partial charge in [0, 0.05) is 5.92 Å². The molecule has 10 heavy (non-hydrogen) atoms. The highest BCUT2D eigenvalue weighted by Crippen LogP contribution is 2.27. The highest BCUT2D eigenvalue weighted by atomic mass is 16.3. The van der Waals surface area contributed by atoms with Gasteiger partial charge in [-0.1, -0.05) is 6.92 Å². The van der Waals surface area contributed by atoms with Crippen LogP contribution >= 0.6 is 0 Å². The Bertz CT molecular complexity index is 150. The van der Waals surface area contributed by atoms with Crippen LogP contribution in [0.5, 0.6) is 0 Å². The summed E-state index contributed by atoms with van der Waals surface area (Å²) in [6.45, 7) is 2.04. The van der Waals surface area contributed by atoms with Crippen molar-refractivity contribution >= 4 is 0 Å². The van der Waals surface area contributed by atoms with E-state index in [1.807, 2.05) is 6.92 Å². The monoisotopic (exact) mass is 139 g/mol. The number of hydrogen-bond acceptors (Lipinski definition) is 2. The van der Waals surface area contributed by atoms with Gasteiger partial charge in [-0.05, 0) is 25.2 Å². The maximum absolute atomic E-state index is 9.33. The SMILES string of the molecule is C[C@@H]1CC[C@@H](C#N)CC1O. The predicted molar refractivity (Wildman–Crippen MR) is 38.1 cm³/mol. The van der Waals surface area contributed by atoms with Gasteiger partial charge in [0.05, 0.1) is 12.2 Å². The minimum Gasteiger partial charge on any atom is -0.393 e. The number of aliphatic hydroxyl groups is 1. The Hall–Kier alpha value is -0.550. The van der Waals surface area contributed by atoms with Crippen LogP contribution < -0.4 is 0 Å². The fraction of sp³-hybridized carbons (Fsp3) is 0.875. The van der Waals surface area contributed by atoms with Crippen molar-refractivity contribution in [2.75, 3.05) is 0 Å². The van der Waals surface area contributed by atoms with E-state index in [9.17, 15) is 5.11 Å². The van der Waals surface area contributed by atoms with E-state index in [1.165, 1.54) is 0 Å². The molecule has 1 saturated carbocycles. The van der Waals surface area contributed by atoms with E-state index in [1.54, 1.807) is 0 Å². The summed E-state index contributed by atoms with van der Waals surface area (Å²) in [6.07, 6.45) is 2.41. The van der Waals surface area contributed by atoms with Gasteiger partial charge in [0.2, 0.25) is 0 Å². The first-order valence-electron chi connectivity index (χ1n) is 3.81. The molecule has 3 atom stereocenters. The molecule has 0 amide bonds. The van der Waals surface area contributed by atoms with Gasteiger partial charge in [-0.15, -0.1) is 0 Å². The number of aliphatic hydroxyl groups excluding tert-OH is 1. The molecule has 2 heteroatoms. The first-order valence-corrected chi connectivity index (χ1v) is 3.81. The fourth-order valence-electron chi connectivity index (χ4n) is 1.42. The molecule has 1 unspecified atom stereocenters. The van der Waals surface area contributed by atoms with Crippen molar-refractivity contribution in [1.82, 2.24) is 0 Å². The highest BCUT2D eigenvalue weighted by molar-refractivity contribution is 4.89. The molecule has 1 fully saturated rings. The summed E-state index contributed by atoms with van der Waals surface area (Å²) in [5, 5.41) is 17.9. The van der Waals surface area contributed by atoms with E-state index < -0.39 is 0 Å². The van der Waals surface area contributed by atoms with Gasteiger partial charge in [0.25, 0.3) is 0 Å². The fourth-order valence-corrected chi connectivity index (χ4v) is 1.42. The summed E-state index contributed by atoms with van der Waals surface area (Å²) in [5.74, 6) is 0.496. The van der Waals surface area contributed by atoms with Crippen LogP contribution in [0.4, 0.5) is 0 Å². The minimum absolute atomic E-state index is 0.103. The van der Waals surface area contributed by atoms with Crippen molar-refractivity contribution in [2.24, 2.45) is 11.8 Å². The molecule has 0 aromatic heterocycles. The van der Waals surface area contributed by atoms with Crippen LogP contribution in [-0.2, 0) is 0 Å². The Labute approximate surface area is 61.5 Å². The molecule has 1 rings (SSSR count). The predicted octanol–water partition coefficient (Wildman–Crippen LogP) is 1.31. The average molecular weight is 139 g/mol. The first kappa shape index (κ1) is 7.56. The molecule has 0 aromatic carbocycles. The molecule has 0 saturated heterocycles. The van der Waals surface area contributed by atoms with Crippen LogP contribution in [0, 0.1) is 23.2 Å². The maximum atomic E-state index is 9.33. The van der Waals surface area contributed by atoms with Crippen LogP contribution in [0.25, 0.3) is 0 Å². The van der Waals surface area contributed by atoms with E-state index in [4.69, 9.17) is 5.26 Å². The van der Waals surface area contributed by atoms with Gasteiger partial charge in [-0.25, -0.2) is 0 Å². The van der Waals surface area contributed by atoms with Gasteiger partial charge in [0.1, 0.15) is 0 Å². The summed E-state index contributed by atoms with van der Waals surface area (Å²) in [6, 6.07) is 2.19. The van der Waals surface area contributed by atoms with Gasteiger partial charge in [-0.3, -0.25) is 0 Å². The van der Waals surface area contributed by atoms with E-state index in [0.29, 0.717) is 12.3 Å². The third kappa shape index (κ3) is 1.48. The van der Waals surface area contributed by atoms with E-state index in [0.717, 1.165) is 12.8 Å². The molecule has 0 radical (unpaired) electrons. The van der Waals surface area contributed by atoms with Crippen molar-refractivity contribution in [3.05, 3.63) is 0 Å². The summed E-state index contributed by atoms with van der Waals surface area (Å²) in [4.78, 5) is 0. The second kappa shape index (κ2) is 3.03. The van der Waals surface area contributed by atoms with Gasteiger partial charge < -0.3 is 5.11 Å². The number of hydrogen-bond donors (Lipinski definition) is 1. The van der Waals surface area contributed by atoms with Crippen molar-refractivity contribution in [3.63, 3.8) is 0 Å². The normalized spacial score (nSPS) is 40.7. The molecule has 2 nitrogen and oxygen atoms in total. The smallest absolute Gasteiger partial charge is 0.0656 e. The Kier molecular flexibility index (Phi) is 2.29. The Morgan fingerprint density at radius 2 is 2.20 bits per heavy atom. The lowest BCUT2D eigenvalue weighted by Gasteiger charge is -2.26. The van der Waals surface area contributed by atoms with Crippen LogP contribution in [0.1, 0.15) is 26.2 Å². The Morgan fingerprint density at radius 3 is 2.70 bits per heavy atom. The highest BCUT2D eigenvalue weighted by Gasteiger charge is 2.25. The standard InChI is InChI=1S/C8H13NO/c1-6-2-3-7(5-9)4-8(6)10/h6-8,10H,2-4H2,1H3/t6-,7-,8?/m1/s1. The van der Waals surface area contributed by atoms with Crippen LogP contribution in [-0.4, -0.2) is 11.2 Å². The molecule has 0 aromatic rings. The zero-order valence-electron chi connectivity index (χ0n) is 6.25. The molecule has 0 heterocycles. The van der Waals surface area contributed by atoms with Crippen molar-refractivity contribution in [3.8, 4) is 6.07 Å². The average Bonchev–Trinajstić information content (AvgIpc) is 1.95. The van der Waals surface area contributed by atoms with Crippen molar-refractivity contribution in [2.45, 2.75) is 32.3 Å². The maximum Gasteiger partial charge on any atom is 0.0656 e. The zero-order valence-corrected chi connectivity index (χ0v) is 6.25. The Balaban J connectivity index is 2.42. The number of nitriles is 1. The van der Waals surface area contributed by atoms with Gasteiger partial charge in [-0.2, -0.15) is 5.26 Å². The summed E-state index contributed by atoms with van der Waals surface area (Å²) in [7, 11) is 0. The quantitative estimate of drug-likeness (QED) is 0.550. The summed E-state index contributed by atoms with van der Waals surface area (Å²) < 4.78 is 0. The number of rotatable bonds is 0. The second-order valence-corrected chi connectivity index (χ2v) is 3.18. The summed E-state index contributed by atoms with van der Waals surface area (Å²) in [5.41, 5.74) is 0. The Morgan fingerprint density at radius 1 is 1.50 bits per heavy atom. The molecule has 0 aliphatic heterocycles. The van der Waals surface area contributed by atoms with E-state index >= 15 is 0 Å². The van der Waals surface area contributed by atoms with Crippen LogP contribution in [0.15, 0.2) is 0 Å². The molecular weight excluding hydrogens is 126 g/mol. The van der Waals surface area contributed by atoms with Crippen molar-refractivity contribution < 1.29 is 5.11 Å². The second-order valence-electron chi connectivity index (χ2n) is 3.18. The molecule has 1 aliphatic rings. The van der Waals surface area contributed by atoms with Crippen LogP contribution in [0.2, 0.25) is 0 Å². The third-order valence-corrected chi connectivity index (χ3v) is 2.34. The van der Waals surface area contributed by atoms with Gasteiger partial charge in [0.15, 0.2) is 0 Å². The zero-order chi connectivity index (χ0) is 7.56. The largest absolute Gasteiger partial charge is 0.393 e. The molecule has 1 N–H and O–H groups in total. The lowest BCUT2D eigenvalue weighted by molar-refractivity contribution is 0.0651. The van der Waals surface area contributed by atoms with Gasteiger partial charge >= 0.3 is 0 Å². The van der Waals surface area contributed by atoms with E-state index in [2.05, 4.69) is 6.07 Å². The summed E-state index contributed by atoms with van der Waals surface area (Å²) >= 11 is 0. The first-order chi connectivity index (χ1) is 4.74.